The molecule has 0 atom stereocenters. The van der Waals surface area contributed by atoms with Crippen molar-refractivity contribution in [2.75, 3.05) is 0 Å². The van der Waals surface area contributed by atoms with Crippen molar-refractivity contribution < 1.29 is 13.2 Å². The Balaban J connectivity index is 2.62. The normalized spacial score (nSPS) is 11.8. The number of hydrogen-bond acceptors (Lipinski definition) is 1. The number of hydrogen-bond donors (Lipinski definition) is 0. The minimum Gasteiger partial charge on any atom is -0.240 e. The van der Waals surface area contributed by atoms with Crippen molar-refractivity contribution in [3.05, 3.63) is 47.2 Å². The van der Waals surface area contributed by atoms with Crippen LogP contribution < -0.4 is 0 Å². The van der Waals surface area contributed by atoms with Crippen LogP contribution in [0.2, 0.25) is 5.02 Å². The fourth-order valence-corrected chi connectivity index (χ4v) is 1.52. The zero-order chi connectivity index (χ0) is 11.8. The van der Waals surface area contributed by atoms with E-state index >= 15 is 0 Å². The van der Waals surface area contributed by atoms with E-state index in [1.165, 1.54) is 24.5 Å². The van der Waals surface area contributed by atoms with Gasteiger partial charge in [-0.05, 0) is 24.3 Å². The molecule has 2 nitrogen and oxygen atoms in total. The van der Waals surface area contributed by atoms with Crippen molar-refractivity contribution in [1.29, 1.82) is 0 Å². The van der Waals surface area contributed by atoms with Crippen molar-refractivity contribution in [2.24, 2.45) is 0 Å². The van der Waals surface area contributed by atoms with Gasteiger partial charge < -0.3 is 0 Å². The number of halogens is 4. The number of nitrogens with zero attached hydrogens (tertiary/aromatic N) is 2. The van der Waals surface area contributed by atoms with Gasteiger partial charge in [-0.2, -0.15) is 18.3 Å². The molecule has 6 heteroatoms. The first kappa shape index (κ1) is 11.0. The van der Waals surface area contributed by atoms with Crippen LogP contribution in [0.4, 0.5) is 13.2 Å². The Morgan fingerprint density at radius 3 is 2.56 bits per heavy atom. The fourth-order valence-electron chi connectivity index (χ4n) is 1.35. The Morgan fingerprint density at radius 1 is 1.25 bits per heavy atom. The van der Waals surface area contributed by atoms with E-state index in [9.17, 15) is 13.2 Å². The molecule has 84 valence electrons. The van der Waals surface area contributed by atoms with Crippen molar-refractivity contribution >= 4 is 11.6 Å². The third-order valence-corrected chi connectivity index (χ3v) is 2.25. The molecule has 0 aliphatic carbocycles. The van der Waals surface area contributed by atoms with Gasteiger partial charge >= 0.3 is 6.18 Å². The summed E-state index contributed by atoms with van der Waals surface area (Å²) in [6.07, 6.45) is -1.60. The summed E-state index contributed by atoms with van der Waals surface area (Å²) >= 11 is 5.55. The van der Waals surface area contributed by atoms with Crippen LogP contribution in [0, 0.1) is 0 Å². The lowest BCUT2D eigenvalue weighted by molar-refractivity contribution is -0.137. The average Bonchev–Trinajstić information content (AvgIpc) is 2.69. The molecule has 1 aromatic carbocycles. The SMILES string of the molecule is FC(F)(F)c1cc(Cl)ccc1-n1cccn1. The largest absolute Gasteiger partial charge is 0.418 e. The molecular weight excluding hydrogens is 241 g/mol. The highest BCUT2D eigenvalue weighted by Crippen LogP contribution is 2.35. The second kappa shape index (κ2) is 3.83. The molecule has 1 aromatic heterocycles. The van der Waals surface area contributed by atoms with Crippen LogP contribution in [-0.4, -0.2) is 9.78 Å². The molecule has 0 radical (unpaired) electrons. The first-order chi connectivity index (χ1) is 7.48. The maximum absolute atomic E-state index is 12.7. The fraction of sp³-hybridized carbons (Fsp3) is 0.100. The minimum atomic E-state index is -4.45. The maximum atomic E-state index is 12.7. The van der Waals surface area contributed by atoms with Gasteiger partial charge in [-0.3, -0.25) is 0 Å². The van der Waals surface area contributed by atoms with Crippen LogP contribution in [0.3, 0.4) is 0 Å². The Hall–Kier alpha value is -1.49. The molecule has 0 bridgehead atoms. The van der Waals surface area contributed by atoms with Crippen molar-refractivity contribution in [1.82, 2.24) is 9.78 Å². The predicted molar refractivity (Wildman–Crippen MR) is 53.6 cm³/mol. The lowest BCUT2D eigenvalue weighted by Gasteiger charge is -2.12. The lowest BCUT2D eigenvalue weighted by Crippen LogP contribution is -2.11. The third-order valence-electron chi connectivity index (χ3n) is 2.02. The molecule has 0 spiro atoms. The second-order valence-electron chi connectivity index (χ2n) is 3.11. The molecule has 0 fully saturated rings. The number of aromatic nitrogens is 2. The van der Waals surface area contributed by atoms with Gasteiger partial charge in [0.15, 0.2) is 0 Å². The average molecular weight is 247 g/mol. The third kappa shape index (κ3) is 2.04. The van der Waals surface area contributed by atoms with E-state index in [1.807, 2.05) is 0 Å². The number of alkyl halides is 3. The summed E-state index contributed by atoms with van der Waals surface area (Å²) in [7, 11) is 0. The van der Waals surface area contributed by atoms with Gasteiger partial charge in [0.25, 0.3) is 0 Å². The van der Waals surface area contributed by atoms with E-state index < -0.39 is 11.7 Å². The van der Waals surface area contributed by atoms with Crippen LogP contribution in [-0.2, 0) is 6.18 Å². The molecule has 16 heavy (non-hydrogen) atoms. The zero-order valence-electron chi connectivity index (χ0n) is 7.87. The van der Waals surface area contributed by atoms with Crippen LogP contribution in [0.1, 0.15) is 5.56 Å². The number of rotatable bonds is 1. The molecule has 0 saturated heterocycles. The van der Waals surface area contributed by atoms with Crippen LogP contribution in [0.15, 0.2) is 36.7 Å². The topological polar surface area (TPSA) is 17.8 Å². The van der Waals surface area contributed by atoms with E-state index in [4.69, 9.17) is 11.6 Å². The molecule has 0 unspecified atom stereocenters. The highest BCUT2D eigenvalue weighted by molar-refractivity contribution is 6.30. The molecule has 2 aromatic rings. The Kier molecular flexibility index (Phi) is 2.63. The van der Waals surface area contributed by atoms with E-state index in [-0.39, 0.29) is 10.7 Å². The zero-order valence-corrected chi connectivity index (χ0v) is 8.63. The smallest absolute Gasteiger partial charge is 0.240 e. The molecule has 0 amide bonds. The molecule has 0 N–H and O–H groups in total. The van der Waals surface area contributed by atoms with Gasteiger partial charge in [-0.25, -0.2) is 4.68 Å². The van der Waals surface area contributed by atoms with E-state index in [2.05, 4.69) is 5.10 Å². The Bertz CT molecular complexity index is 491. The summed E-state index contributed by atoms with van der Waals surface area (Å²) in [5.74, 6) is 0. The van der Waals surface area contributed by atoms with Crippen LogP contribution in [0.25, 0.3) is 5.69 Å². The highest BCUT2D eigenvalue weighted by atomic mass is 35.5. The minimum absolute atomic E-state index is 0.0399. The van der Waals surface area contributed by atoms with Crippen molar-refractivity contribution in [2.45, 2.75) is 6.18 Å². The van der Waals surface area contributed by atoms with Gasteiger partial charge in [0.1, 0.15) is 0 Å². The van der Waals surface area contributed by atoms with Crippen molar-refractivity contribution in [3.8, 4) is 5.69 Å². The van der Waals surface area contributed by atoms with E-state index in [0.717, 1.165) is 10.7 Å². The first-order valence-corrected chi connectivity index (χ1v) is 4.73. The highest BCUT2D eigenvalue weighted by Gasteiger charge is 2.34. The summed E-state index contributed by atoms with van der Waals surface area (Å²) in [4.78, 5) is 0. The number of benzene rings is 1. The van der Waals surface area contributed by atoms with Gasteiger partial charge in [0, 0.05) is 17.4 Å². The molecule has 0 aliphatic rings. The quantitative estimate of drug-likeness (QED) is 0.752. The second-order valence-corrected chi connectivity index (χ2v) is 3.55. The molecule has 2 rings (SSSR count). The predicted octanol–water partition coefficient (Wildman–Crippen LogP) is 3.54. The summed E-state index contributed by atoms with van der Waals surface area (Å²) in [5.41, 5.74) is -0.842. The first-order valence-electron chi connectivity index (χ1n) is 4.35. The Labute approximate surface area is 94.3 Å². The van der Waals surface area contributed by atoms with Crippen LogP contribution in [0.5, 0.6) is 0 Å². The van der Waals surface area contributed by atoms with Gasteiger partial charge in [-0.1, -0.05) is 11.6 Å². The summed E-state index contributed by atoms with van der Waals surface area (Å²) in [6.45, 7) is 0. The van der Waals surface area contributed by atoms with E-state index in [1.54, 1.807) is 6.07 Å². The molecular formula is C10H6ClF3N2. The van der Waals surface area contributed by atoms with Gasteiger partial charge in [0.2, 0.25) is 0 Å². The monoisotopic (exact) mass is 246 g/mol. The summed E-state index contributed by atoms with van der Waals surface area (Å²) in [5, 5.41) is 3.81. The molecule has 1 heterocycles. The summed E-state index contributed by atoms with van der Waals surface area (Å²) < 4.78 is 39.3. The Morgan fingerprint density at radius 2 is 2.00 bits per heavy atom. The molecule has 0 saturated carbocycles. The summed E-state index contributed by atoms with van der Waals surface area (Å²) in [6, 6.07) is 5.12. The van der Waals surface area contributed by atoms with Gasteiger partial charge in [0.05, 0.1) is 11.3 Å². The van der Waals surface area contributed by atoms with Crippen LogP contribution >= 0.6 is 11.6 Å². The van der Waals surface area contributed by atoms with Crippen molar-refractivity contribution in [3.63, 3.8) is 0 Å². The maximum Gasteiger partial charge on any atom is 0.418 e. The molecule has 0 aliphatic heterocycles. The van der Waals surface area contributed by atoms with E-state index in [0.29, 0.717) is 0 Å². The van der Waals surface area contributed by atoms with Gasteiger partial charge in [-0.15, -0.1) is 0 Å². The lowest BCUT2D eigenvalue weighted by atomic mass is 10.1. The standard InChI is InChI=1S/C10H6ClF3N2/c11-7-2-3-9(16-5-1-4-15-16)8(6-7)10(12,13)14/h1-6H.